The Hall–Kier alpha value is -1.32. The van der Waals surface area contributed by atoms with Crippen molar-refractivity contribution in [2.45, 2.75) is 6.42 Å². The maximum Gasteiger partial charge on any atom is 0.337 e. The number of hydrogen-bond acceptors (Lipinski definition) is 2. The Morgan fingerprint density at radius 3 is 2.80 bits per heavy atom. The van der Waals surface area contributed by atoms with Crippen molar-refractivity contribution >= 4 is 23.6 Å². The van der Waals surface area contributed by atoms with Crippen LogP contribution in [0.2, 0.25) is 5.02 Å². The van der Waals surface area contributed by atoms with Crippen LogP contribution in [0.5, 0.6) is 0 Å². The van der Waals surface area contributed by atoms with E-state index in [2.05, 4.69) is 0 Å². The Morgan fingerprint density at radius 2 is 2.27 bits per heavy atom. The number of benzene rings is 1. The molecule has 0 fully saturated rings. The van der Waals surface area contributed by atoms with Crippen molar-refractivity contribution in [2.75, 3.05) is 6.54 Å². The Kier molecular flexibility index (Phi) is 4.34. The summed E-state index contributed by atoms with van der Waals surface area (Å²) in [6.07, 6.45) is 4.58. The van der Waals surface area contributed by atoms with Gasteiger partial charge in [0.25, 0.3) is 0 Å². The van der Waals surface area contributed by atoms with E-state index >= 15 is 0 Å². The van der Waals surface area contributed by atoms with Crippen molar-refractivity contribution < 1.29 is 9.90 Å². The lowest BCUT2D eigenvalue weighted by Gasteiger charge is -1.99. The van der Waals surface area contributed by atoms with Gasteiger partial charge in [0.15, 0.2) is 0 Å². The molecule has 0 aliphatic carbocycles. The van der Waals surface area contributed by atoms with E-state index in [1.807, 2.05) is 12.2 Å². The number of carboxylic acids is 1. The summed E-state index contributed by atoms with van der Waals surface area (Å²) in [6.45, 7) is 0.595. The first kappa shape index (κ1) is 11.8. The quantitative estimate of drug-likeness (QED) is 0.827. The van der Waals surface area contributed by atoms with Crippen molar-refractivity contribution in [1.82, 2.24) is 0 Å². The van der Waals surface area contributed by atoms with Crippen LogP contribution in [0.25, 0.3) is 6.08 Å². The summed E-state index contributed by atoms with van der Waals surface area (Å²) < 4.78 is 0. The van der Waals surface area contributed by atoms with E-state index in [0.717, 1.165) is 12.0 Å². The molecule has 15 heavy (non-hydrogen) atoms. The fraction of sp³-hybridized carbons (Fsp3) is 0.182. The van der Waals surface area contributed by atoms with Crippen molar-refractivity contribution in [3.63, 3.8) is 0 Å². The fourth-order valence-corrected chi connectivity index (χ4v) is 1.39. The second-order valence-corrected chi connectivity index (χ2v) is 3.43. The van der Waals surface area contributed by atoms with Gasteiger partial charge in [-0.3, -0.25) is 0 Å². The summed E-state index contributed by atoms with van der Waals surface area (Å²) in [5.74, 6) is -1.02. The Morgan fingerprint density at radius 1 is 1.53 bits per heavy atom. The third-order valence-electron chi connectivity index (χ3n) is 1.87. The molecule has 1 aromatic rings. The lowest BCUT2D eigenvalue weighted by atomic mass is 10.1. The van der Waals surface area contributed by atoms with Gasteiger partial charge in [0.1, 0.15) is 0 Å². The number of halogens is 1. The second-order valence-electron chi connectivity index (χ2n) is 3.02. The van der Waals surface area contributed by atoms with Crippen molar-refractivity contribution in [2.24, 2.45) is 5.73 Å². The molecule has 0 amide bonds. The molecule has 3 nitrogen and oxygen atoms in total. The van der Waals surface area contributed by atoms with Gasteiger partial charge >= 0.3 is 5.97 Å². The molecule has 0 aliphatic rings. The van der Waals surface area contributed by atoms with Gasteiger partial charge in [-0.1, -0.05) is 29.8 Å². The van der Waals surface area contributed by atoms with E-state index in [-0.39, 0.29) is 10.6 Å². The maximum absolute atomic E-state index is 10.7. The topological polar surface area (TPSA) is 63.3 Å². The number of hydrogen-bond donors (Lipinski definition) is 2. The van der Waals surface area contributed by atoms with Crippen LogP contribution in [0.1, 0.15) is 22.3 Å². The lowest BCUT2D eigenvalue weighted by Crippen LogP contribution is -1.97. The minimum atomic E-state index is -1.02. The van der Waals surface area contributed by atoms with Gasteiger partial charge in [0.05, 0.1) is 10.6 Å². The zero-order valence-electron chi connectivity index (χ0n) is 8.11. The summed E-state index contributed by atoms with van der Waals surface area (Å²) in [7, 11) is 0. The first-order valence-corrected chi connectivity index (χ1v) is 4.92. The minimum absolute atomic E-state index is 0.118. The molecule has 0 bridgehead atoms. The first-order chi connectivity index (χ1) is 7.15. The number of rotatable bonds is 4. The number of nitrogens with two attached hydrogens (primary N) is 1. The standard InChI is InChI=1S/C11H12ClNO2/c12-10-7-8(3-1-2-6-13)4-5-9(10)11(14)15/h1,3-5,7H,2,6,13H2,(H,14,15). The van der Waals surface area contributed by atoms with E-state index < -0.39 is 5.97 Å². The van der Waals surface area contributed by atoms with E-state index in [1.54, 1.807) is 12.1 Å². The highest BCUT2D eigenvalue weighted by molar-refractivity contribution is 6.33. The molecular formula is C11H12ClNO2. The normalized spacial score (nSPS) is 10.8. The van der Waals surface area contributed by atoms with Crippen LogP contribution in [-0.4, -0.2) is 17.6 Å². The molecular weight excluding hydrogens is 214 g/mol. The molecule has 1 aromatic carbocycles. The molecule has 1 rings (SSSR count). The SMILES string of the molecule is NCCC=Cc1ccc(C(=O)O)c(Cl)c1. The van der Waals surface area contributed by atoms with Gasteiger partial charge in [-0.15, -0.1) is 0 Å². The molecule has 0 atom stereocenters. The molecule has 4 heteroatoms. The van der Waals surface area contributed by atoms with Crippen LogP contribution in [0.15, 0.2) is 24.3 Å². The van der Waals surface area contributed by atoms with E-state index in [1.165, 1.54) is 6.07 Å². The lowest BCUT2D eigenvalue weighted by molar-refractivity contribution is 0.0697. The predicted octanol–water partition coefficient (Wildman–Crippen LogP) is 2.40. The van der Waals surface area contributed by atoms with Crippen molar-refractivity contribution in [1.29, 1.82) is 0 Å². The summed E-state index contributed by atoms with van der Waals surface area (Å²) >= 11 is 5.80. The van der Waals surface area contributed by atoms with Gasteiger partial charge < -0.3 is 10.8 Å². The third kappa shape index (κ3) is 3.38. The van der Waals surface area contributed by atoms with Crippen molar-refractivity contribution in [3.8, 4) is 0 Å². The van der Waals surface area contributed by atoms with Gasteiger partial charge in [-0.05, 0) is 30.7 Å². The van der Waals surface area contributed by atoms with Crippen LogP contribution in [0, 0.1) is 0 Å². The second kappa shape index (κ2) is 5.53. The summed E-state index contributed by atoms with van der Waals surface area (Å²) in [5, 5.41) is 9.00. The molecule has 80 valence electrons. The zero-order valence-corrected chi connectivity index (χ0v) is 8.87. The Balaban J connectivity index is 2.87. The Labute approximate surface area is 93.2 Å². The van der Waals surface area contributed by atoms with Gasteiger partial charge in [-0.25, -0.2) is 4.79 Å². The summed E-state index contributed by atoms with van der Waals surface area (Å²) in [4.78, 5) is 10.7. The van der Waals surface area contributed by atoms with E-state index in [0.29, 0.717) is 6.54 Å². The molecule has 0 heterocycles. The van der Waals surface area contributed by atoms with Crippen molar-refractivity contribution in [3.05, 3.63) is 40.4 Å². The average Bonchev–Trinajstić information content (AvgIpc) is 2.17. The molecule has 0 aliphatic heterocycles. The highest BCUT2D eigenvalue weighted by Gasteiger charge is 2.07. The number of carbonyl (C=O) groups is 1. The van der Waals surface area contributed by atoms with Crippen LogP contribution in [0.4, 0.5) is 0 Å². The predicted molar refractivity (Wildman–Crippen MR) is 61.1 cm³/mol. The highest BCUT2D eigenvalue weighted by Crippen LogP contribution is 2.18. The molecule has 0 unspecified atom stereocenters. The van der Waals surface area contributed by atoms with Gasteiger partial charge in [-0.2, -0.15) is 0 Å². The zero-order chi connectivity index (χ0) is 11.3. The van der Waals surface area contributed by atoms with Gasteiger partial charge in [0.2, 0.25) is 0 Å². The van der Waals surface area contributed by atoms with Crippen LogP contribution in [-0.2, 0) is 0 Å². The van der Waals surface area contributed by atoms with E-state index in [9.17, 15) is 4.79 Å². The largest absolute Gasteiger partial charge is 0.478 e. The highest BCUT2D eigenvalue weighted by atomic mass is 35.5. The summed E-state index contributed by atoms with van der Waals surface area (Å²) in [6, 6.07) is 4.83. The molecule has 0 radical (unpaired) electrons. The van der Waals surface area contributed by atoms with Crippen LogP contribution >= 0.6 is 11.6 Å². The van der Waals surface area contributed by atoms with E-state index in [4.69, 9.17) is 22.4 Å². The first-order valence-electron chi connectivity index (χ1n) is 4.54. The maximum atomic E-state index is 10.7. The third-order valence-corrected chi connectivity index (χ3v) is 2.18. The fourth-order valence-electron chi connectivity index (χ4n) is 1.12. The number of carboxylic acid groups (broad SMARTS) is 1. The molecule has 3 N–H and O–H groups in total. The Bertz CT molecular complexity index is 388. The van der Waals surface area contributed by atoms with Crippen LogP contribution in [0.3, 0.4) is 0 Å². The average molecular weight is 226 g/mol. The monoisotopic (exact) mass is 225 g/mol. The smallest absolute Gasteiger partial charge is 0.337 e. The number of aromatic carboxylic acids is 1. The summed E-state index contributed by atoms with van der Waals surface area (Å²) in [5.41, 5.74) is 6.32. The molecule has 0 saturated carbocycles. The minimum Gasteiger partial charge on any atom is -0.478 e. The molecule has 0 saturated heterocycles. The molecule has 0 aromatic heterocycles. The van der Waals surface area contributed by atoms with Gasteiger partial charge in [0, 0.05) is 0 Å². The molecule has 0 spiro atoms. The van der Waals surface area contributed by atoms with Crippen LogP contribution < -0.4 is 5.73 Å².